The summed E-state index contributed by atoms with van der Waals surface area (Å²) in [5.41, 5.74) is 0.0262. The van der Waals surface area contributed by atoms with Crippen LogP contribution in [0.4, 0.5) is 0 Å². The Morgan fingerprint density at radius 2 is 1.93 bits per heavy atom. The summed E-state index contributed by atoms with van der Waals surface area (Å²) in [6.07, 6.45) is 8.63. The Morgan fingerprint density at radius 3 is 2.33 bits per heavy atom. The standard InChI is InChI=1S/C14H25N/c1-4-5-13-6-8-14(11-15,9-7-13)10-12(2)3/h12-13H,4-10H2,1-3H3. The quantitative estimate of drug-likeness (QED) is 0.664. The van der Waals surface area contributed by atoms with Gasteiger partial charge in [0.2, 0.25) is 0 Å². The molecule has 0 amide bonds. The Hall–Kier alpha value is -0.510. The fraction of sp³-hybridized carbons (Fsp3) is 0.929. The average molecular weight is 207 g/mol. The van der Waals surface area contributed by atoms with Crippen molar-refractivity contribution in [3.05, 3.63) is 0 Å². The summed E-state index contributed by atoms with van der Waals surface area (Å²) >= 11 is 0. The normalized spacial score (nSPS) is 31.5. The van der Waals surface area contributed by atoms with Crippen LogP contribution in [0.3, 0.4) is 0 Å². The Kier molecular flexibility index (Phi) is 4.64. The van der Waals surface area contributed by atoms with Crippen LogP contribution in [-0.2, 0) is 0 Å². The van der Waals surface area contributed by atoms with Crippen molar-refractivity contribution in [1.29, 1.82) is 5.26 Å². The first-order valence-corrected chi connectivity index (χ1v) is 6.53. The van der Waals surface area contributed by atoms with E-state index in [1.807, 2.05) is 0 Å². The van der Waals surface area contributed by atoms with Crippen LogP contribution in [0.5, 0.6) is 0 Å². The molecule has 0 aromatic heterocycles. The second-order valence-electron chi connectivity index (χ2n) is 5.72. The third kappa shape index (κ3) is 3.52. The summed E-state index contributed by atoms with van der Waals surface area (Å²) in [5.74, 6) is 1.57. The first-order valence-electron chi connectivity index (χ1n) is 6.53. The number of nitrogens with zero attached hydrogens (tertiary/aromatic N) is 1. The zero-order chi connectivity index (χ0) is 11.3. The summed E-state index contributed by atoms with van der Waals surface area (Å²) in [6, 6.07) is 2.61. The molecule has 0 atom stereocenters. The van der Waals surface area contributed by atoms with E-state index < -0.39 is 0 Å². The van der Waals surface area contributed by atoms with Crippen molar-refractivity contribution in [2.45, 2.75) is 65.7 Å². The average Bonchev–Trinajstić information content (AvgIpc) is 2.21. The first-order chi connectivity index (χ1) is 7.12. The van der Waals surface area contributed by atoms with Gasteiger partial charge < -0.3 is 0 Å². The lowest BCUT2D eigenvalue weighted by atomic mass is 9.67. The van der Waals surface area contributed by atoms with Gasteiger partial charge in [-0.1, -0.05) is 33.6 Å². The molecule has 0 aromatic carbocycles. The molecule has 1 rings (SSSR count). The maximum atomic E-state index is 9.36. The molecular weight excluding hydrogens is 182 g/mol. The van der Waals surface area contributed by atoms with Gasteiger partial charge in [0.15, 0.2) is 0 Å². The molecule has 0 bridgehead atoms. The fourth-order valence-corrected chi connectivity index (χ4v) is 3.07. The molecule has 0 radical (unpaired) electrons. The van der Waals surface area contributed by atoms with E-state index in [4.69, 9.17) is 0 Å². The molecule has 15 heavy (non-hydrogen) atoms. The molecule has 1 aliphatic carbocycles. The van der Waals surface area contributed by atoms with Crippen molar-refractivity contribution in [2.75, 3.05) is 0 Å². The minimum Gasteiger partial charge on any atom is -0.198 e. The van der Waals surface area contributed by atoms with Gasteiger partial charge in [-0.05, 0) is 43.9 Å². The molecule has 86 valence electrons. The summed E-state index contributed by atoms with van der Waals surface area (Å²) in [7, 11) is 0. The molecule has 0 saturated heterocycles. The zero-order valence-electron chi connectivity index (χ0n) is 10.6. The molecule has 0 heterocycles. The highest BCUT2D eigenvalue weighted by atomic mass is 14.4. The van der Waals surface area contributed by atoms with E-state index in [0.717, 1.165) is 25.2 Å². The number of nitriles is 1. The fourth-order valence-electron chi connectivity index (χ4n) is 3.07. The van der Waals surface area contributed by atoms with Crippen molar-refractivity contribution in [3.8, 4) is 6.07 Å². The van der Waals surface area contributed by atoms with E-state index in [0.29, 0.717) is 5.92 Å². The van der Waals surface area contributed by atoms with E-state index in [1.165, 1.54) is 25.7 Å². The van der Waals surface area contributed by atoms with Crippen LogP contribution in [0, 0.1) is 28.6 Å². The zero-order valence-corrected chi connectivity index (χ0v) is 10.6. The van der Waals surface area contributed by atoms with Gasteiger partial charge in [-0.2, -0.15) is 5.26 Å². The first kappa shape index (κ1) is 12.6. The molecule has 1 saturated carbocycles. The van der Waals surface area contributed by atoms with Gasteiger partial charge in [0, 0.05) is 0 Å². The Balaban J connectivity index is 2.48. The lowest BCUT2D eigenvalue weighted by Crippen LogP contribution is -2.27. The van der Waals surface area contributed by atoms with Gasteiger partial charge in [0.1, 0.15) is 0 Å². The maximum absolute atomic E-state index is 9.36. The molecule has 1 aliphatic rings. The minimum absolute atomic E-state index is 0.0262. The predicted molar refractivity (Wildman–Crippen MR) is 64.4 cm³/mol. The number of hydrogen-bond donors (Lipinski definition) is 0. The highest BCUT2D eigenvalue weighted by Crippen LogP contribution is 2.43. The van der Waals surface area contributed by atoms with Crippen molar-refractivity contribution >= 4 is 0 Å². The van der Waals surface area contributed by atoms with Crippen LogP contribution >= 0.6 is 0 Å². The van der Waals surface area contributed by atoms with Crippen LogP contribution in [0.1, 0.15) is 65.7 Å². The molecule has 1 fully saturated rings. The van der Waals surface area contributed by atoms with E-state index in [-0.39, 0.29) is 5.41 Å². The van der Waals surface area contributed by atoms with E-state index in [9.17, 15) is 5.26 Å². The van der Waals surface area contributed by atoms with Gasteiger partial charge in [0.25, 0.3) is 0 Å². The second kappa shape index (κ2) is 5.54. The summed E-state index contributed by atoms with van der Waals surface area (Å²) in [5, 5.41) is 9.36. The topological polar surface area (TPSA) is 23.8 Å². The van der Waals surface area contributed by atoms with Gasteiger partial charge in [0.05, 0.1) is 11.5 Å². The Morgan fingerprint density at radius 1 is 1.33 bits per heavy atom. The van der Waals surface area contributed by atoms with Crippen LogP contribution in [0.25, 0.3) is 0 Å². The number of rotatable bonds is 4. The van der Waals surface area contributed by atoms with Crippen LogP contribution in [0.2, 0.25) is 0 Å². The molecule has 0 aromatic rings. The molecule has 1 nitrogen and oxygen atoms in total. The second-order valence-corrected chi connectivity index (χ2v) is 5.72. The molecule has 1 heteroatoms. The SMILES string of the molecule is CCCC1CCC(C#N)(CC(C)C)CC1. The largest absolute Gasteiger partial charge is 0.198 e. The molecule has 0 aliphatic heterocycles. The van der Waals surface area contributed by atoms with E-state index >= 15 is 0 Å². The molecule has 0 N–H and O–H groups in total. The van der Waals surface area contributed by atoms with E-state index in [1.54, 1.807) is 0 Å². The van der Waals surface area contributed by atoms with Crippen LogP contribution in [-0.4, -0.2) is 0 Å². The highest BCUT2D eigenvalue weighted by Gasteiger charge is 2.35. The third-order valence-electron chi connectivity index (χ3n) is 3.80. The smallest absolute Gasteiger partial charge is 0.0689 e. The summed E-state index contributed by atoms with van der Waals surface area (Å²) in [4.78, 5) is 0. The van der Waals surface area contributed by atoms with Gasteiger partial charge in [-0.25, -0.2) is 0 Å². The van der Waals surface area contributed by atoms with Gasteiger partial charge in [-0.15, -0.1) is 0 Å². The van der Waals surface area contributed by atoms with Crippen molar-refractivity contribution in [3.63, 3.8) is 0 Å². The lowest BCUT2D eigenvalue weighted by Gasteiger charge is -2.36. The summed E-state index contributed by atoms with van der Waals surface area (Å²) in [6.45, 7) is 6.73. The predicted octanol–water partition coefficient (Wildman–Crippen LogP) is 4.53. The number of hydrogen-bond acceptors (Lipinski definition) is 1. The van der Waals surface area contributed by atoms with Crippen LogP contribution in [0.15, 0.2) is 0 Å². The van der Waals surface area contributed by atoms with Crippen molar-refractivity contribution in [1.82, 2.24) is 0 Å². The highest BCUT2D eigenvalue weighted by molar-refractivity contribution is 5.01. The van der Waals surface area contributed by atoms with Gasteiger partial charge >= 0.3 is 0 Å². The van der Waals surface area contributed by atoms with Gasteiger partial charge in [-0.3, -0.25) is 0 Å². The van der Waals surface area contributed by atoms with Crippen molar-refractivity contribution in [2.24, 2.45) is 17.3 Å². The molecule has 0 spiro atoms. The molecular formula is C14H25N. The minimum atomic E-state index is 0.0262. The van der Waals surface area contributed by atoms with E-state index in [2.05, 4.69) is 26.8 Å². The Labute approximate surface area is 94.9 Å². The Bertz CT molecular complexity index is 216. The van der Waals surface area contributed by atoms with Crippen LogP contribution < -0.4 is 0 Å². The lowest BCUT2D eigenvalue weighted by molar-refractivity contribution is 0.172. The summed E-state index contributed by atoms with van der Waals surface area (Å²) < 4.78 is 0. The monoisotopic (exact) mass is 207 g/mol. The third-order valence-corrected chi connectivity index (χ3v) is 3.80. The van der Waals surface area contributed by atoms with Crippen molar-refractivity contribution < 1.29 is 0 Å². The maximum Gasteiger partial charge on any atom is 0.0689 e. The molecule has 0 unspecified atom stereocenters.